The lowest BCUT2D eigenvalue weighted by Crippen LogP contribution is -2.08. The molecule has 0 aliphatic rings. The highest BCUT2D eigenvalue weighted by molar-refractivity contribution is 5.82. The van der Waals surface area contributed by atoms with Crippen LogP contribution < -0.4 is 9.47 Å². The summed E-state index contributed by atoms with van der Waals surface area (Å²) in [7, 11) is 1.41. The lowest BCUT2D eigenvalue weighted by molar-refractivity contribution is 0.111. The molecule has 0 amide bonds. The first-order valence-electron chi connectivity index (χ1n) is 4.62. The first kappa shape index (κ1) is 11.4. The Morgan fingerprint density at radius 3 is 2.47 bits per heavy atom. The average molecular weight is 210 g/mol. The number of phenols is 1. The summed E-state index contributed by atoms with van der Waals surface area (Å²) in [6.07, 6.45) is 0.569. The smallest absolute Gasteiger partial charge is 0.203 e. The minimum absolute atomic E-state index is 0.0428. The van der Waals surface area contributed by atoms with Gasteiger partial charge in [-0.3, -0.25) is 4.79 Å². The summed E-state index contributed by atoms with van der Waals surface area (Å²) >= 11 is 0. The van der Waals surface area contributed by atoms with Crippen LogP contribution in [0.1, 0.15) is 24.2 Å². The second kappa shape index (κ2) is 4.68. The Kier molecular flexibility index (Phi) is 3.55. The Morgan fingerprint density at radius 1 is 1.33 bits per heavy atom. The Labute approximate surface area is 88.4 Å². The third-order valence-electron chi connectivity index (χ3n) is 1.81. The Bertz CT molecular complexity index is 358. The molecular formula is C11H14O4. The summed E-state index contributed by atoms with van der Waals surface area (Å²) in [5.41, 5.74) is 0.360. The molecule has 0 heterocycles. The molecular weight excluding hydrogens is 196 g/mol. The molecule has 4 heteroatoms. The minimum Gasteiger partial charge on any atom is -0.504 e. The molecule has 0 unspecified atom stereocenters. The number of aldehydes is 1. The fourth-order valence-electron chi connectivity index (χ4n) is 1.21. The normalized spacial score (nSPS) is 10.1. The fourth-order valence-corrected chi connectivity index (χ4v) is 1.21. The van der Waals surface area contributed by atoms with Crippen LogP contribution in [0.5, 0.6) is 17.2 Å². The molecule has 0 spiro atoms. The number of carbonyl (C=O) groups is 1. The highest BCUT2D eigenvalue weighted by Crippen LogP contribution is 2.38. The largest absolute Gasteiger partial charge is 0.504 e. The van der Waals surface area contributed by atoms with Crippen molar-refractivity contribution < 1.29 is 19.4 Å². The second-order valence-electron chi connectivity index (χ2n) is 3.32. The van der Waals surface area contributed by atoms with Gasteiger partial charge in [0.1, 0.15) is 0 Å². The topological polar surface area (TPSA) is 55.8 Å². The van der Waals surface area contributed by atoms with Gasteiger partial charge in [-0.25, -0.2) is 0 Å². The molecule has 0 aliphatic carbocycles. The third kappa shape index (κ3) is 2.40. The van der Waals surface area contributed by atoms with Gasteiger partial charge in [-0.1, -0.05) is 0 Å². The lowest BCUT2D eigenvalue weighted by Gasteiger charge is -2.15. The van der Waals surface area contributed by atoms with Crippen molar-refractivity contribution in [2.45, 2.75) is 20.0 Å². The minimum atomic E-state index is -0.0978. The van der Waals surface area contributed by atoms with Crippen molar-refractivity contribution in [2.24, 2.45) is 0 Å². The maximum absolute atomic E-state index is 10.8. The van der Waals surface area contributed by atoms with E-state index in [1.807, 2.05) is 13.8 Å². The van der Waals surface area contributed by atoms with E-state index in [2.05, 4.69) is 0 Å². The molecule has 0 radical (unpaired) electrons. The zero-order chi connectivity index (χ0) is 11.4. The zero-order valence-corrected chi connectivity index (χ0v) is 8.98. The van der Waals surface area contributed by atoms with Crippen LogP contribution in [0.15, 0.2) is 12.1 Å². The zero-order valence-electron chi connectivity index (χ0n) is 8.98. The van der Waals surface area contributed by atoms with Crippen LogP contribution in [-0.4, -0.2) is 24.6 Å². The fraction of sp³-hybridized carbons (Fsp3) is 0.364. The number of methoxy groups -OCH3 is 1. The van der Waals surface area contributed by atoms with Crippen LogP contribution in [0.4, 0.5) is 0 Å². The highest BCUT2D eigenvalue weighted by Gasteiger charge is 2.15. The third-order valence-corrected chi connectivity index (χ3v) is 1.81. The van der Waals surface area contributed by atoms with Crippen molar-refractivity contribution in [1.29, 1.82) is 0 Å². The van der Waals surface area contributed by atoms with E-state index in [0.29, 0.717) is 11.8 Å². The van der Waals surface area contributed by atoms with E-state index in [0.717, 1.165) is 0 Å². The first-order chi connectivity index (χ1) is 7.10. The van der Waals surface area contributed by atoms with Gasteiger partial charge in [-0.2, -0.15) is 0 Å². The first-order valence-corrected chi connectivity index (χ1v) is 4.62. The number of hydrogen-bond acceptors (Lipinski definition) is 4. The molecule has 0 atom stereocenters. The summed E-state index contributed by atoms with van der Waals surface area (Å²) in [5, 5.41) is 9.50. The molecule has 4 nitrogen and oxygen atoms in total. The number of rotatable bonds is 4. The SMILES string of the molecule is COc1c(O)ccc(C=O)c1OC(C)C. The van der Waals surface area contributed by atoms with Gasteiger partial charge in [-0.15, -0.1) is 0 Å². The van der Waals surface area contributed by atoms with E-state index >= 15 is 0 Å². The standard InChI is InChI=1S/C11H14O4/c1-7(2)15-10-8(6-12)4-5-9(13)11(10)14-3/h4-7,13H,1-3H3. The average Bonchev–Trinajstić information content (AvgIpc) is 2.18. The highest BCUT2D eigenvalue weighted by atomic mass is 16.5. The molecule has 0 bridgehead atoms. The van der Waals surface area contributed by atoms with Crippen molar-refractivity contribution in [3.05, 3.63) is 17.7 Å². The lowest BCUT2D eigenvalue weighted by atomic mass is 10.2. The predicted molar refractivity (Wildman–Crippen MR) is 55.8 cm³/mol. The van der Waals surface area contributed by atoms with Crippen molar-refractivity contribution in [2.75, 3.05) is 7.11 Å². The Morgan fingerprint density at radius 2 is 2.00 bits per heavy atom. The van der Waals surface area contributed by atoms with Crippen LogP contribution in [-0.2, 0) is 0 Å². The maximum atomic E-state index is 10.8. The predicted octanol–water partition coefficient (Wildman–Crippen LogP) is 2.00. The monoisotopic (exact) mass is 210 g/mol. The van der Waals surface area contributed by atoms with Gasteiger partial charge in [0, 0.05) is 0 Å². The van der Waals surface area contributed by atoms with Gasteiger partial charge in [0.25, 0.3) is 0 Å². The van der Waals surface area contributed by atoms with E-state index in [9.17, 15) is 9.90 Å². The molecule has 1 rings (SSSR count). The molecule has 0 saturated heterocycles. The number of ether oxygens (including phenoxy) is 2. The van der Waals surface area contributed by atoms with E-state index in [1.165, 1.54) is 19.2 Å². The number of aromatic hydroxyl groups is 1. The Balaban J connectivity index is 3.26. The van der Waals surface area contributed by atoms with Gasteiger partial charge >= 0.3 is 0 Å². The van der Waals surface area contributed by atoms with Crippen molar-refractivity contribution in [3.8, 4) is 17.2 Å². The van der Waals surface area contributed by atoms with Crippen LogP contribution in [0.3, 0.4) is 0 Å². The number of benzene rings is 1. The van der Waals surface area contributed by atoms with Gasteiger partial charge in [-0.05, 0) is 26.0 Å². The van der Waals surface area contributed by atoms with Crippen molar-refractivity contribution in [3.63, 3.8) is 0 Å². The maximum Gasteiger partial charge on any atom is 0.203 e. The van der Waals surface area contributed by atoms with Crippen molar-refractivity contribution in [1.82, 2.24) is 0 Å². The van der Waals surface area contributed by atoms with E-state index in [1.54, 1.807) is 0 Å². The van der Waals surface area contributed by atoms with Crippen LogP contribution >= 0.6 is 0 Å². The quantitative estimate of drug-likeness (QED) is 0.772. The molecule has 1 aromatic carbocycles. The molecule has 0 aromatic heterocycles. The van der Waals surface area contributed by atoms with E-state index in [4.69, 9.17) is 9.47 Å². The van der Waals surface area contributed by atoms with Crippen molar-refractivity contribution >= 4 is 6.29 Å². The number of phenolic OH excluding ortho intramolecular Hbond substituents is 1. The molecule has 0 fully saturated rings. The van der Waals surface area contributed by atoms with Crippen LogP contribution in [0.25, 0.3) is 0 Å². The van der Waals surface area contributed by atoms with Crippen LogP contribution in [0.2, 0.25) is 0 Å². The van der Waals surface area contributed by atoms with Gasteiger partial charge in [0.05, 0.1) is 18.8 Å². The van der Waals surface area contributed by atoms with Gasteiger partial charge in [0.15, 0.2) is 17.8 Å². The van der Waals surface area contributed by atoms with Gasteiger partial charge in [0.2, 0.25) is 5.75 Å². The van der Waals surface area contributed by atoms with Crippen LogP contribution in [0, 0.1) is 0 Å². The summed E-state index contributed by atoms with van der Waals surface area (Å²) in [5.74, 6) is 0.426. The molecule has 82 valence electrons. The molecule has 15 heavy (non-hydrogen) atoms. The van der Waals surface area contributed by atoms with E-state index in [-0.39, 0.29) is 23.4 Å². The summed E-state index contributed by atoms with van der Waals surface area (Å²) in [6.45, 7) is 3.66. The summed E-state index contributed by atoms with van der Waals surface area (Å²) < 4.78 is 10.4. The summed E-state index contributed by atoms with van der Waals surface area (Å²) in [4.78, 5) is 10.8. The molecule has 0 saturated carbocycles. The van der Waals surface area contributed by atoms with E-state index < -0.39 is 0 Å². The van der Waals surface area contributed by atoms with Gasteiger partial charge < -0.3 is 14.6 Å². The molecule has 1 N–H and O–H groups in total. The number of hydrogen-bond donors (Lipinski definition) is 1. The summed E-state index contributed by atoms with van der Waals surface area (Å²) in [6, 6.07) is 2.89. The number of carbonyl (C=O) groups excluding carboxylic acids is 1. The molecule has 1 aromatic rings. The molecule has 0 aliphatic heterocycles. The Hall–Kier alpha value is -1.71. The second-order valence-corrected chi connectivity index (χ2v) is 3.32.